The number of benzene rings is 3. The summed E-state index contributed by atoms with van der Waals surface area (Å²) < 4.78 is 38.8. The number of hydrogen-bond donors (Lipinski definition) is 2. The second kappa shape index (κ2) is 9.13. The predicted molar refractivity (Wildman–Crippen MR) is 123 cm³/mol. The molecular formula is C23H20N4O5S. The lowest BCUT2D eigenvalue weighted by atomic mass is 10.2. The highest BCUT2D eigenvalue weighted by Crippen LogP contribution is 2.29. The van der Waals surface area contributed by atoms with Gasteiger partial charge in [0, 0.05) is 0 Å². The Labute approximate surface area is 190 Å². The Balaban J connectivity index is 1.56. The number of amides is 1. The van der Waals surface area contributed by atoms with Crippen molar-refractivity contribution in [1.29, 1.82) is 0 Å². The smallest absolute Gasteiger partial charge is 0.322 e. The van der Waals surface area contributed by atoms with Crippen LogP contribution in [0.2, 0.25) is 0 Å². The lowest BCUT2D eigenvalue weighted by Gasteiger charge is -2.12. The molecule has 0 spiro atoms. The van der Waals surface area contributed by atoms with E-state index in [1.54, 1.807) is 48.5 Å². The molecule has 4 rings (SSSR count). The zero-order valence-corrected chi connectivity index (χ0v) is 18.6. The van der Waals surface area contributed by atoms with Crippen LogP contribution in [0.25, 0.3) is 11.5 Å². The molecule has 1 heterocycles. The van der Waals surface area contributed by atoms with Crippen molar-refractivity contribution in [2.75, 3.05) is 17.1 Å². The second-order valence-corrected chi connectivity index (χ2v) is 8.71. The summed E-state index contributed by atoms with van der Waals surface area (Å²) >= 11 is 0. The summed E-state index contributed by atoms with van der Waals surface area (Å²) in [5, 5.41) is 10.3. The van der Waals surface area contributed by atoms with Crippen molar-refractivity contribution >= 4 is 27.6 Å². The van der Waals surface area contributed by atoms with Crippen molar-refractivity contribution in [3.8, 4) is 17.2 Å². The normalized spacial score (nSPS) is 11.1. The molecule has 33 heavy (non-hydrogen) atoms. The van der Waals surface area contributed by atoms with Crippen molar-refractivity contribution in [3.05, 3.63) is 83.9 Å². The van der Waals surface area contributed by atoms with Gasteiger partial charge in [-0.3, -0.25) is 14.8 Å². The van der Waals surface area contributed by atoms with Gasteiger partial charge < -0.3 is 9.15 Å². The minimum Gasteiger partial charge on any atom is -0.496 e. The van der Waals surface area contributed by atoms with E-state index in [1.165, 1.54) is 31.4 Å². The van der Waals surface area contributed by atoms with Crippen LogP contribution in [0.4, 0.5) is 11.7 Å². The van der Waals surface area contributed by atoms with Crippen LogP contribution in [0.3, 0.4) is 0 Å². The van der Waals surface area contributed by atoms with Gasteiger partial charge in [-0.2, -0.15) is 0 Å². The summed E-state index contributed by atoms with van der Waals surface area (Å²) in [6.07, 6.45) is 0. The fourth-order valence-electron chi connectivity index (χ4n) is 3.06. The third-order valence-electron chi connectivity index (χ3n) is 4.73. The highest BCUT2D eigenvalue weighted by atomic mass is 32.2. The van der Waals surface area contributed by atoms with Crippen molar-refractivity contribution in [1.82, 2.24) is 10.2 Å². The Morgan fingerprint density at radius 1 is 0.939 bits per heavy atom. The van der Waals surface area contributed by atoms with Gasteiger partial charge in [-0.05, 0) is 43.3 Å². The van der Waals surface area contributed by atoms with Gasteiger partial charge >= 0.3 is 6.01 Å². The minimum absolute atomic E-state index is 0.0849. The number of aryl methyl sites for hydroxylation is 1. The number of anilines is 2. The minimum atomic E-state index is -3.89. The molecule has 9 nitrogen and oxygen atoms in total. The zero-order valence-electron chi connectivity index (χ0n) is 17.8. The Kier molecular flexibility index (Phi) is 6.09. The first-order valence-corrected chi connectivity index (χ1v) is 11.3. The summed E-state index contributed by atoms with van der Waals surface area (Å²) in [6, 6.07) is 19.5. The fourth-order valence-corrected chi connectivity index (χ4v) is 4.14. The van der Waals surface area contributed by atoms with Gasteiger partial charge in [-0.15, -0.1) is 5.10 Å². The number of nitrogens with zero attached hydrogens (tertiary/aromatic N) is 2. The van der Waals surface area contributed by atoms with E-state index in [4.69, 9.17) is 9.15 Å². The van der Waals surface area contributed by atoms with Crippen LogP contribution in [0, 0.1) is 6.92 Å². The molecule has 0 aliphatic rings. The predicted octanol–water partition coefficient (Wildman–Crippen LogP) is 4.11. The maximum absolute atomic E-state index is 12.9. The Hall–Kier alpha value is -4.18. The van der Waals surface area contributed by atoms with Gasteiger partial charge in [0.2, 0.25) is 0 Å². The molecular weight excluding hydrogens is 444 g/mol. The quantitative estimate of drug-likeness (QED) is 0.422. The highest BCUT2D eigenvalue weighted by Gasteiger charge is 2.20. The topological polar surface area (TPSA) is 123 Å². The molecule has 0 atom stereocenters. The summed E-state index contributed by atoms with van der Waals surface area (Å²) in [7, 11) is -2.37. The fraction of sp³-hybridized carbons (Fsp3) is 0.0870. The maximum atomic E-state index is 12.9. The SMILES string of the molecule is COc1ccccc1-c1nnc(NC(=O)c2ccccc2NS(=O)(=O)c2ccc(C)cc2)o1. The number of ether oxygens (including phenoxy) is 1. The summed E-state index contributed by atoms with van der Waals surface area (Å²) in [4.78, 5) is 13.0. The van der Waals surface area contributed by atoms with E-state index in [1.807, 2.05) is 6.92 Å². The number of nitrogens with one attached hydrogen (secondary N) is 2. The van der Waals surface area contributed by atoms with E-state index in [0.29, 0.717) is 11.3 Å². The molecule has 0 unspecified atom stereocenters. The highest BCUT2D eigenvalue weighted by molar-refractivity contribution is 7.92. The van der Waals surface area contributed by atoms with Crippen molar-refractivity contribution in [2.45, 2.75) is 11.8 Å². The number of hydrogen-bond acceptors (Lipinski definition) is 7. The molecule has 0 saturated heterocycles. The number of methoxy groups -OCH3 is 1. The molecule has 0 saturated carbocycles. The van der Waals surface area contributed by atoms with E-state index in [-0.39, 0.29) is 28.1 Å². The maximum Gasteiger partial charge on any atom is 0.322 e. The van der Waals surface area contributed by atoms with Gasteiger partial charge in [-0.1, -0.05) is 47.1 Å². The standard InChI is InChI=1S/C23H20N4O5S/c1-15-11-13-16(14-12-15)33(29,30)27-19-9-5-3-7-17(19)21(28)24-23-26-25-22(32-23)18-8-4-6-10-20(18)31-2/h3-14,27H,1-2H3,(H,24,26,28). The van der Waals surface area contributed by atoms with Crippen LogP contribution in [0.5, 0.6) is 5.75 Å². The van der Waals surface area contributed by atoms with E-state index in [9.17, 15) is 13.2 Å². The molecule has 4 aromatic rings. The summed E-state index contributed by atoms with van der Waals surface area (Å²) in [5.74, 6) is 0.0819. The lowest BCUT2D eigenvalue weighted by molar-refractivity contribution is 0.102. The van der Waals surface area contributed by atoms with Crippen LogP contribution in [0.15, 0.2) is 82.1 Å². The van der Waals surface area contributed by atoms with Crippen LogP contribution >= 0.6 is 0 Å². The Morgan fingerprint density at radius 2 is 1.64 bits per heavy atom. The zero-order chi connectivity index (χ0) is 23.4. The number of sulfonamides is 1. The summed E-state index contributed by atoms with van der Waals surface area (Å²) in [5.41, 5.74) is 1.70. The van der Waals surface area contributed by atoms with Crippen molar-refractivity contribution in [2.24, 2.45) is 0 Å². The molecule has 0 bridgehead atoms. The van der Waals surface area contributed by atoms with E-state index < -0.39 is 15.9 Å². The van der Waals surface area contributed by atoms with Gasteiger partial charge in [0.25, 0.3) is 21.8 Å². The molecule has 0 fully saturated rings. The second-order valence-electron chi connectivity index (χ2n) is 7.03. The summed E-state index contributed by atoms with van der Waals surface area (Å²) in [6.45, 7) is 1.86. The molecule has 1 amide bonds. The Morgan fingerprint density at radius 3 is 2.39 bits per heavy atom. The average Bonchev–Trinajstić information content (AvgIpc) is 3.27. The molecule has 0 aliphatic carbocycles. The number of rotatable bonds is 7. The van der Waals surface area contributed by atoms with Crippen LogP contribution in [-0.2, 0) is 10.0 Å². The number of carbonyl (C=O) groups excluding carboxylic acids is 1. The molecule has 1 aromatic heterocycles. The van der Waals surface area contributed by atoms with E-state index in [0.717, 1.165) is 5.56 Å². The first-order chi connectivity index (χ1) is 15.9. The van der Waals surface area contributed by atoms with Crippen LogP contribution in [-0.4, -0.2) is 31.6 Å². The first-order valence-electron chi connectivity index (χ1n) is 9.84. The monoisotopic (exact) mass is 464 g/mol. The average molecular weight is 465 g/mol. The largest absolute Gasteiger partial charge is 0.496 e. The molecule has 2 N–H and O–H groups in total. The number of para-hydroxylation sites is 2. The molecule has 0 aliphatic heterocycles. The van der Waals surface area contributed by atoms with Crippen molar-refractivity contribution < 1.29 is 22.4 Å². The number of aromatic nitrogens is 2. The van der Waals surface area contributed by atoms with E-state index >= 15 is 0 Å². The molecule has 3 aromatic carbocycles. The van der Waals surface area contributed by atoms with Gasteiger partial charge in [0.1, 0.15) is 5.75 Å². The van der Waals surface area contributed by atoms with Gasteiger partial charge in [0.05, 0.1) is 28.8 Å². The lowest BCUT2D eigenvalue weighted by Crippen LogP contribution is -2.18. The first kappa shape index (κ1) is 22.0. The van der Waals surface area contributed by atoms with Gasteiger partial charge in [0.15, 0.2) is 0 Å². The molecule has 168 valence electrons. The molecule has 10 heteroatoms. The van der Waals surface area contributed by atoms with Crippen molar-refractivity contribution in [3.63, 3.8) is 0 Å². The molecule has 0 radical (unpaired) electrons. The number of carbonyl (C=O) groups is 1. The third-order valence-corrected chi connectivity index (χ3v) is 6.11. The van der Waals surface area contributed by atoms with Crippen LogP contribution in [0.1, 0.15) is 15.9 Å². The Bertz CT molecular complexity index is 1400. The van der Waals surface area contributed by atoms with E-state index in [2.05, 4.69) is 20.2 Å². The van der Waals surface area contributed by atoms with Crippen LogP contribution < -0.4 is 14.8 Å². The van der Waals surface area contributed by atoms with Gasteiger partial charge in [-0.25, -0.2) is 8.42 Å². The third kappa shape index (κ3) is 4.85.